The van der Waals surface area contributed by atoms with Crippen molar-refractivity contribution in [2.75, 3.05) is 38.2 Å². The molecule has 5 rings (SSSR count). The second-order valence-electron chi connectivity index (χ2n) is 10.1. The predicted molar refractivity (Wildman–Crippen MR) is 135 cm³/mol. The Morgan fingerprint density at radius 2 is 1.72 bits per heavy atom. The molecular weight excluding hydrogens is 458 g/mol. The molecule has 0 spiro atoms. The predicted octanol–water partition coefficient (Wildman–Crippen LogP) is 3.08. The lowest BCUT2D eigenvalue weighted by Crippen LogP contribution is -2.51. The molecule has 2 aromatic carbocycles. The zero-order valence-corrected chi connectivity index (χ0v) is 20.7. The highest BCUT2D eigenvalue weighted by Crippen LogP contribution is 2.44. The lowest BCUT2D eigenvalue weighted by atomic mass is 9.75. The van der Waals surface area contributed by atoms with Crippen LogP contribution in [-0.4, -0.2) is 72.0 Å². The highest BCUT2D eigenvalue weighted by Gasteiger charge is 2.56. The fourth-order valence-electron chi connectivity index (χ4n) is 5.93. The van der Waals surface area contributed by atoms with Crippen LogP contribution in [0.4, 0.5) is 5.69 Å². The van der Waals surface area contributed by atoms with Crippen molar-refractivity contribution in [3.8, 4) is 11.5 Å². The Morgan fingerprint density at radius 3 is 2.39 bits per heavy atom. The number of imide groups is 1. The standard InChI is InChI=1S/C28H33N3O5/c1-36-24-8-4-5-20(17-24)28(19-26(34)31(27(28)35)22-6-2-3-7-22)18-25(33)30-15-13-29(14-16-30)21-9-11-23(32)12-10-21/h4-5,8-12,17,22,32H,2-3,6-7,13-16,18-19H2,1H3/t28-/m0/s1. The molecule has 2 saturated heterocycles. The molecule has 1 N–H and O–H groups in total. The maximum absolute atomic E-state index is 14.0. The molecule has 0 aromatic heterocycles. The van der Waals surface area contributed by atoms with Crippen LogP contribution in [0.5, 0.6) is 11.5 Å². The number of hydrogen-bond donors (Lipinski definition) is 1. The van der Waals surface area contributed by atoms with Gasteiger partial charge in [0.15, 0.2) is 0 Å². The molecular formula is C28H33N3O5. The number of benzene rings is 2. The SMILES string of the molecule is COc1cccc([C@]2(CC(=O)N3CCN(c4ccc(O)cc4)CC3)CC(=O)N(C3CCCC3)C2=O)c1. The summed E-state index contributed by atoms with van der Waals surface area (Å²) >= 11 is 0. The lowest BCUT2D eigenvalue weighted by molar-refractivity contribution is -0.144. The minimum atomic E-state index is -1.21. The number of methoxy groups -OCH3 is 1. The molecule has 1 atom stereocenters. The van der Waals surface area contributed by atoms with E-state index in [1.807, 2.05) is 24.3 Å². The molecule has 190 valence electrons. The van der Waals surface area contributed by atoms with Crippen molar-refractivity contribution in [2.24, 2.45) is 0 Å². The van der Waals surface area contributed by atoms with Gasteiger partial charge in [-0.15, -0.1) is 0 Å². The third kappa shape index (κ3) is 4.40. The van der Waals surface area contributed by atoms with Gasteiger partial charge in [0, 0.05) is 50.7 Å². The Hall–Kier alpha value is -3.55. The average molecular weight is 492 g/mol. The van der Waals surface area contributed by atoms with E-state index < -0.39 is 5.41 Å². The van der Waals surface area contributed by atoms with Crippen molar-refractivity contribution in [1.29, 1.82) is 0 Å². The summed E-state index contributed by atoms with van der Waals surface area (Å²) in [5, 5.41) is 9.55. The van der Waals surface area contributed by atoms with E-state index >= 15 is 0 Å². The maximum Gasteiger partial charge on any atom is 0.241 e. The van der Waals surface area contributed by atoms with Crippen LogP contribution in [-0.2, 0) is 19.8 Å². The number of anilines is 1. The van der Waals surface area contributed by atoms with Crippen molar-refractivity contribution in [3.05, 3.63) is 54.1 Å². The summed E-state index contributed by atoms with van der Waals surface area (Å²) in [6.07, 6.45) is 3.66. The van der Waals surface area contributed by atoms with E-state index in [0.717, 1.165) is 31.4 Å². The summed E-state index contributed by atoms with van der Waals surface area (Å²) in [7, 11) is 1.57. The molecule has 2 aromatic rings. The van der Waals surface area contributed by atoms with Gasteiger partial charge in [-0.1, -0.05) is 25.0 Å². The van der Waals surface area contributed by atoms with Gasteiger partial charge >= 0.3 is 0 Å². The number of ether oxygens (including phenoxy) is 1. The second-order valence-corrected chi connectivity index (χ2v) is 10.1. The van der Waals surface area contributed by atoms with Gasteiger partial charge in [-0.05, 0) is 54.8 Å². The van der Waals surface area contributed by atoms with E-state index in [4.69, 9.17) is 4.74 Å². The van der Waals surface area contributed by atoms with Gasteiger partial charge in [-0.25, -0.2) is 0 Å². The van der Waals surface area contributed by atoms with Crippen LogP contribution < -0.4 is 9.64 Å². The summed E-state index contributed by atoms with van der Waals surface area (Å²) in [5.74, 6) is 0.278. The Kier molecular flexibility index (Phi) is 6.60. The second kappa shape index (κ2) is 9.84. The summed E-state index contributed by atoms with van der Waals surface area (Å²) in [6.45, 7) is 2.37. The monoisotopic (exact) mass is 491 g/mol. The molecule has 3 amide bonds. The molecule has 1 saturated carbocycles. The number of carbonyl (C=O) groups excluding carboxylic acids is 3. The van der Waals surface area contributed by atoms with Crippen molar-refractivity contribution in [1.82, 2.24) is 9.80 Å². The topological polar surface area (TPSA) is 90.4 Å². The van der Waals surface area contributed by atoms with Crippen LogP contribution in [0, 0.1) is 0 Å². The minimum absolute atomic E-state index is 0.00865. The molecule has 2 aliphatic heterocycles. The Morgan fingerprint density at radius 1 is 1.03 bits per heavy atom. The third-order valence-corrected chi connectivity index (χ3v) is 7.96. The fourth-order valence-corrected chi connectivity index (χ4v) is 5.93. The van der Waals surface area contributed by atoms with Crippen molar-refractivity contribution in [3.63, 3.8) is 0 Å². The zero-order chi connectivity index (χ0) is 25.3. The van der Waals surface area contributed by atoms with E-state index in [9.17, 15) is 19.5 Å². The fraction of sp³-hybridized carbons (Fsp3) is 0.464. The van der Waals surface area contributed by atoms with E-state index in [0.29, 0.717) is 37.5 Å². The largest absolute Gasteiger partial charge is 0.508 e. The molecule has 8 nitrogen and oxygen atoms in total. The van der Waals surface area contributed by atoms with Crippen LogP contribution in [0.2, 0.25) is 0 Å². The number of aromatic hydroxyl groups is 1. The number of piperazine rings is 1. The molecule has 3 fully saturated rings. The van der Waals surface area contributed by atoms with E-state index in [1.54, 1.807) is 36.3 Å². The molecule has 0 unspecified atom stereocenters. The number of amides is 3. The quantitative estimate of drug-likeness (QED) is 0.625. The molecule has 8 heteroatoms. The first-order valence-corrected chi connectivity index (χ1v) is 12.7. The minimum Gasteiger partial charge on any atom is -0.508 e. The van der Waals surface area contributed by atoms with E-state index in [2.05, 4.69) is 4.90 Å². The summed E-state index contributed by atoms with van der Waals surface area (Å²) in [6, 6.07) is 14.2. The maximum atomic E-state index is 14.0. The first kappa shape index (κ1) is 24.2. The first-order valence-electron chi connectivity index (χ1n) is 12.7. The van der Waals surface area contributed by atoms with Crippen LogP contribution >= 0.6 is 0 Å². The van der Waals surface area contributed by atoms with Gasteiger partial charge in [0.1, 0.15) is 11.5 Å². The smallest absolute Gasteiger partial charge is 0.241 e. The molecule has 1 aliphatic carbocycles. The lowest BCUT2D eigenvalue weighted by Gasteiger charge is -2.38. The number of phenolic OH excluding ortho intramolecular Hbond substituents is 1. The molecule has 3 aliphatic rings. The van der Waals surface area contributed by atoms with Crippen LogP contribution in [0.3, 0.4) is 0 Å². The number of likely N-dealkylation sites (tertiary alicyclic amines) is 1. The summed E-state index contributed by atoms with van der Waals surface area (Å²) in [4.78, 5) is 46.2. The molecule has 36 heavy (non-hydrogen) atoms. The number of hydrogen-bond acceptors (Lipinski definition) is 6. The number of rotatable bonds is 6. The van der Waals surface area contributed by atoms with Crippen LogP contribution in [0.15, 0.2) is 48.5 Å². The van der Waals surface area contributed by atoms with Crippen LogP contribution in [0.25, 0.3) is 0 Å². The van der Waals surface area contributed by atoms with E-state index in [-0.39, 0.29) is 42.4 Å². The molecule has 2 heterocycles. The van der Waals surface area contributed by atoms with Crippen molar-refractivity contribution in [2.45, 2.75) is 50.0 Å². The van der Waals surface area contributed by atoms with Crippen molar-refractivity contribution < 1.29 is 24.2 Å². The highest BCUT2D eigenvalue weighted by molar-refractivity contribution is 6.11. The Balaban J connectivity index is 1.37. The van der Waals surface area contributed by atoms with Crippen LogP contribution in [0.1, 0.15) is 44.1 Å². The number of phenols is 1. The number of nitrogens with zero attached hydrogens (tertiary/aromatic N) is 3. The van der Waals surface area contributed by atoms with E-state index in [1.165, 1.54) is 4.90 Å². The van der Waals surface area contributed by atoms with Gasteiger partial charge in [-0.2, -0.15) is 0 Å². The highest BCUT2D eigenvalue weighted by atomic mass is 16.5. The zero-order valence-electron chi connectivity index (χ0n) is 20.7. The summed E-state index contributed by atoms with van der Waals surface area (Å²) < 4.78 is 5.40. The third-order valence-electron chi connectivity index (χ3n) is 7.96. The Labute approximate surface area is 211 Å². The van der Waals surface area contributed by atoms with Crippen molar-refractivity contribution >= 4 is 23.4 Å². The van der Waals surface area contributed by atoms with Gasteiger partial charge in [0.25, 0.3) is 0 Å². The van der Waals surface area contributed by atoms with Gasteiger partial charge < -0.3 is 19.6 Å². The first-order chi connectivity index (χ1) is 17.4. The molecule has 0 radical (unpaired) electrons. The summed E-state index contributed by atoms with van der Waals surface area (Å²) in [5.41, 5.74) is 0.452. The average Bonchev–Trinajstić information content (AvgIpc) is 3.51. The van der Waals surface area contributed by atoms with Gasteiger partial charge in [0.2, 0.25) is 17.7 Å². The number of carbonyl (C=O) groups is 3. The van der Waals surface area contributed by atoms with Gasteiger partial charge in [-0.3, -0.25) is 19.3 Å². The normalized spacial score (nSPS) is 23.0. The Bertz CT molecular complexity index is 1140. The van der Waals surface area contributed by atoms with Gasteiger partial charge in [0.05, 0.1) is 12.5 Å². The molecule has 0 bridgehead atoms.